The molecule has 20 heavy (non-hydrogen) atoms. The van der Waals surface area contributed by atoms with E-state index in [2.05, 4.69) is 25.3 Å². The van der Waals surface area contributed by atoms with E-state index in [1.807, 2.05) is 19.1 Å². The minimum Gasteiger partial charge on any atom is -0.452 e. The summed E-state index contributed by atoms with van der Waals surface area (Å²) in [5.41, 5.74) is -0.0378. The highest BCUT2D eigenvalue weighted by Crippen LogP contribution is 2.31. The van der Waals surface area contributed by atoms with Gasteiger partial charge in [0.15, 0.2) is 0 Å². The highest BCUT2D eigenvalue weighted by atomic mass is 32.1. The predicted octanol–water partition coefficient (Wildman–Crippen LogP) is 2.76. The van der Waals surface area contributed by atoms with Crippen LogP contribution in [0.25, 0.3) is 0 Å². The zero-order valence-electron chi connectivity index (χ0n) is 11.8. The number of ether oxygens (including phenoxy) is 2. The maximum Gasteiger partial charge on any atom is 0.314 e. The van der Waals surface area contributed by atoms with E-state index in [9.17, 15) is 9.59 Å². The molecule has 0 heterocycles. The van der Waals surface area contributed by atoms with Crippen LogP contribution in [-0.4, -0.2) is 22.8 Å². The van der Waals surface area contributed by atoms with Crippen molar-refractivity contribution >= 4 is 37.2 Å². The number of hydrogen-bond acceptors (Lipinski definition) is 6. The monoisotopic (exact) mass is 316 g/mol. The molecule has 112 valence electrons. The third-order valence-electron chi connectivity index (χ3n) is 2.93. The molecular weight excluding hydrogens is 296 g/mol. The molecule has 0 N–H and O–H groups in total. The Kier molecular flexibility index (Phi) is 6.68. The molecule has 0 saturated carbocycles. The molecule has 4 unspecified atom stereocenters. The van der Waals surface area contributed by atoms with E-state index in [1.54, 1.807) is 19.9 Å². The van der Waals surface area contributed by atoms with Crippen molar-refractivity contribution in [1.29, 1.82) is 0 Å². The standard InChI is InChI=1S/C14H20O4S2/c1-4-10-5-6-11(13(15)17-8(2)19)12(7-10)14(16)18-9(3)20/h4-6,8-9,11-12,19-20H,7H2,1-3H3/b10-4-. The van der Waals surface area contributed by atoms with E-state index >= 15 is 0 Å². The van der Waals surface area contributed by atoms with Gasteiger partial charge in [0, 0.05) is 0 Å². The normalized spacial score (nSPS) is 26.9. The SMILES string of the molecule is C/C=C1/C=CC(C(=O)OC(C)S)C(C(=O)OC(C)S)C1. The van der Waals surface area contributed by atoms with Crippen LogP contribution in [0, 0.1) is 11.8 Å². The number of rotatable bonds is 4. The summed E-state index contributed by atoms with van der Waals surface area (Å²) in [6.45, 7) is 5.19. The van der Waals surface area contributed by atoms with Crippen molar-refractivity contribution in [2.45, 2.75) is 38.1 Å². The van der Waals surface area contributed by atoms with Crippen LogP contribution in [0.3, 0.4) is 0 Å². The van der Waals surface area contributed by atoms with Crippen LogP contribution < -0.4 is 0 Å². The summed E-state index contributed by atoms with van der Waals surface area (Å²) in [6.07, 6.45) is 5.88. The molecule has 4 atom stereocenters. The molecule has 1 aliphatic carbocycles. The summed E-state index contributed by atoms with van der Waals surface area (Å²) >= 11 is 8.06. The fraction of sp³-hybridized carbons (Fsp3) is 0.571. The molecule has 0 bridgehead atoms. The maximum absolute atomic E-state index is 12.1. The molecule has 0 radical (unpaired) electrons. The van der Waals surface area contributed by atoms with Crippen molar-refractivity contribution in [2.24, 2.45) is 11.8 Å². The van der Waals surface area contributed by atoms with Crippen molar-refractivity contribution in [3.8, 4) is 0 Å². The van der Waals surface area contributed by atoms with Crippen LogP contribution >= 0.6 is 25.3 Å². The minimum atomic E-state index is -0.645. The molecule has 0 amide bonds. The summed E-state index contributed by atoms with van der Waals surface area (Å²) < 4.78 is 10.2. The van der Waals surface area contributed by atoms with Gasteiger partial charge in [0.1, 0.15) is 10.9 Å². The predicted molar refractivity (Wildman–Crippen MR) is 83.6 cm³/mol. The Hall–Kier alpha value is -0.880. The van der Waals surface area contributed by atoms with E-state index in [0.29, 0.717) is 6.42 Å². The summed E-state index contributed by atoms with van der Waals surface area (Å²) in [7, 11) is 0. The molecule has 6 heteroatoms. The Labute approximate surface area is 130 Å². The van der Waals surface area contributed by atoms with Crippen molar-refractivity contribution in [1.82, 2.24) is 0 Å². The van der Waals surface area contributed by atoms with Crippen LogP contribution in [0.5, 0.6) is 0 Å². The quantitative estimate of drug-likeness (QED) is 0.476. The summed E-state index contributed by atoms with van der Waals surface area (Å²) in [5, 5.41) is 0. The third kappa shape index (κ3) is 4.90. The lowest BCUT2D eigenvalue weighted by atomic mass is 9.81. The van der Waals surface area contributed by atoms with Gasteiger partial charge in [0.2, 0.25) is 0 Å². The summed E-state index contributed by atoms with van der Waals surface area (Å²) in [4.78, 5) is 24.1. The zero-order chi connectivity index (χ0) is 15.3. The first-order valence-electron chi connectivity index (χ1n) is 6.45. The average Bonchev–Trinajstić information content (AvgIpc) is 2.36. The largest absolute Gasteiger partial charge is 0.452 e. The third-order valence-corrected chi connectivity index (χ3v) is 3.14. The van der Waals surface area contributed by atoms with E-state index < -0.39 is 34.6 Å². The number of esters is 2. The van der Waals surface area contributed by atoms with E-state index in [1.165, 1.54) is 0 Å². The van der Waals surface area contributed by atoms with Gasteiger partial charge in [-0.3, -0.25) is 9.59 Å². The molecule has 0 fully saturated rings. The number of carbonyl (C=O) groups excluding carboxylic acids is 2. The van der Waals surface area contributed by atoms with E-state index in [0.717, 1.165) is 5.57 Å². The van der Waals surface area contributed by atoms with Crippen LogP contribution in [0.4, 0.5) is 0 Å². The molecule has 4 nitrogen and oxygen atoms in total. The van der Waals surface area contributed by atoms with Gasteiger partial charge >= 0.3 is 11.9 Å². The van der Waals surface area contributed by atoms with Gasteiger partial charge in [-0.1, -0.05) is 23.8 Å². The van der Waals surface area contributed by atoms with Crippen LogP contribution in [0.2, 0.25) is 0 Å². The topological polar surface area (TPSA) is 52.6 Å². The van der Waals surface area contributed by atoms with Gasteiger partial charge in [0.05, 0.1) is 11.8 Å². The average molecular weight is 316 g/mol. The number of thiol groups is 2. The van der Waals surface area contributed by atoms with E-state index in [-0.39, 0.29) is 0 Å². The molecule has 0 spiro atoms. The first kappa shape index (κ1) is 17.2. The van der Waals surface area contributed by atoms with Crippen molar-refractivity contribution < 1.29 is 19.1 Å². The maximum atomic E-state index is 12.1. The molecular formula is C14H20O4S2. The van der Waals surface area contributed by atoms with Gasteiger partial charge in [-0.2, -0.15) is 0 Å². The summed E-state index contributed by atoms with van der Waals surface area (Å²) in [5.74, 6) is -2.13. The van der Waals surface area contributed by atoms with Crippen LogP contribution in [0.15, 0.2) is 23.8 Å². The Morgan fingerprint density at radius 1 is 1.25 bits per heavy atom. The second kappa shape index (κ2) is 7.78. The van der Waals surface area contributed by atoms with E-state index in [4.69, 9.17) is 9.47 Å². The smallest absolute Gasteiger partial charge is 0.314 e. The van der Waals surface area contributed by atoms with Gasteiger partial charge in [-0.25, -0.2) is 0 Å². The molecule has 0 aliphatic heterocycles. The molecule has 1 rings (SSSR count). The second-order valence-corrected chi connectivity index (χ2v) is 6.09. The molecule has 0 aromatic carbocycles. The number of hydrogen-bond donors (Lipinski definition) is 2. The lowest BCUT2D eigenvalue weighted by Gasteiger charge is -2.27. The Morgan fingerprint density at radius 2 is 1.80 bits per heavy atom. The first-order valence-corrected chi connectivity index (χ1v) is 7.49. The number of allylic oxidation sites excluding steroid dienone is 3. The van der Waals surface area contributed by atoms with Crippen LogP contribution in [0.1, 0.15) is 27.2 Å². The fourth-order valence-corrected chi connectivity index (χ4v) is 2.21. The second-order valence-electron chi connectivity index (χ2n) is 4.63. The Balaban J connectivity index is 2.92. The van der Waals surface area contributed by atoms with Crippen molar-refractivity contribution in [3.05, 3.63) is 23.8 Å². The van der Waals surface area contributed by atoms with Gasteiger partial charge in [-0.05, 0) is 27.2 Å². The molecule has 0 aromatic heterocycles. The molecule has 0 aromatic rings. The molecule has 0 saturated heterocycles. The minimum absolute atomic E-state index is 0.440. The highest BCUT2D eigenvalue weighted by molar-refractivity contribution is 7.80. The Morgan fingerprint density at radius 3 is 2.30 bits per heavy atom. The highest BCUT2D eigenvalue weighted by Gasteiger charge is 2.37. The van der Waals surface area contributed by atoms with Gasteiger partial charge in [-0.15, -0.1) is 25.3 Å². The lowest BCUT2D eigenvalue weighted by molar-refractivity contribution is -0.160. The molecule has 1 aliphatic rings. The van der Waals surface area contributed by atoms with Crippen molar-refractivity contribution in [2.75, 3.05) is 0 Å². The Bertz CT molecular complexity index is 427. The van der Waals surface area contributed by atoms with Gasteiger partial charge in [0.25, 0.3) is 0 Å². The van der Waals surface area contributed by atoms with Crippen LogP contribution in [-0.2, 0) is 19.1 Å². The van der Waals surface area contributed by atoms with Gasteiger partial charge < -0.3 is 9.47 Å². The lowest BCUT2D eigenvalue weighted by Crippen LogP contribution is -2.35. The first-order chi connectivity index (χ1) is 9.35. The van der Waals surface area contributed by atoms with Crippen molar-refractivity contribution in [3.63, 3.8) is 0 Å². The fourth-order valence-electron chi connectivity index (χ4n) is 2.00. The zero-order valence-corrected chi connectivity index (χ0v) is 13.6. The summed E-state index contributed by atoms with van der Waals surface area (Å²) in [6, 6.07) is 0. The number of carbonyl (C=O) groups is 2.